The molecule has 0 unspecified atom stereocenters. The van der Waals surface area contributed by atoms with Crippen molar-refractivity contribution in [3.8, 4) is 0 Å². The maximum Gasteiger partial charge on any atom is 0.0949 e. The lowest BCUT2D eigenvalue weighted by atomic mass is 9.84. The van der Waals surface area contributed by atoms with E-state index in [4.69, 9.17) is 10.5 Å². The smallest absolute Gasteiger partial charge is 0.0949 e. The van der Waals surface area contributed by atoms with Gasteiger partial charge in [-0.3, -0.25) is 0 Å². The summed E-state index contributed by atoms with van der Waals surface area (Å²) < 4.78 is 7.31. The lowest BCUT2D eigenvalue weighted by Crippen LogP contribution is -2.27. The predicted octanol–water partition coefficient (Wildman–Crippen LogP) is 2.36. The quantitative estimate of drug-likeness (QED) is 0.928. The third kappa shape index (κ3) is 4.43. The minimum Gasteiger partial charge on any atom is -0.383 e. The fraction of sp³-hybridized carbons (Fsp3) is 0.750. The largest absolute Gasteiger partial charge is 0.383 e. The second kappa shape index (κ2) is 8.75. The summed E-state index contributed by atoms with van der Waals surface area (Å²) in [5.41, 5.74) is 7.35. The van der Waals surface area contributed by atoms with Crippen molar-refractivity contribution in [3.63, 3.8) is 0 Å². The molecule has 1 aromatic heterocycles. The average molecular weight is 296 g/mol. The van der Waals surface area contributed by atoms with Gasteiger partial charge >= 0.3 is 0 Å². The van der Waals surface area contributed by atoms with Crippen molar-refractivity contribution in [1.82, 2.24) is 9.55 Å². The van der Waals surface area contributed by atoms with Gasteiger partial charge in [-0.05, 0) is 19.3 Å². The molecule has 2 N–H and O–H groups in total. The minimum absolute atomic E-state index is 0. The maximum absolute atomic E-state index is 6.03. The molecule has 1 aromatic rings. The second-order valence-corrected chi connectivity index (χ2v) is 4.63. The van der Waals surface area contributed by atoms with E-state index in [1.807, 2.05) is 12.5 Å². The first-order valence-electron chi connectivity index (χ1n) is 6.06. The molecule has 0 radical (unpaired) electrons. The van der Waals surface area contributed by atoms with Gasteiger partial charge in [-0.15, -0.1) is 24.8 Å². The number of nitrogens with two attached hydrogens (primary N) is 1. The molecule has 0 spiro atoms. The molecule has 0 bridgehead atoms. The van der Waals surface area contributed by atoms with E-state index in [9.17, 15) is 0 Å². The van der Waals surface area contributed by atoms with E-state index in [1.165, 1.54) is 25.0 Å². The number of hydrogen-bond acceptors (Lipinski definition) is 3. The Morgan fingerprint density at radius 1 is 1.44 bits per heavy atom. The molecule has 0 amide bonds. The highest BCUT2D eigenvalue weighted by molar-refractivity contribution is 5.85. The van der Waals surface area contributed by atoms with Crippen molar-refractivity contribution in [3.05, 3.63) is 18.2 Å². The van der Waals surface area contributed by atoms with E-state index in [0.29, 0.717) is 12.0 Å². The molecule has 2 atom stereocenters. The summed E-state index contributed by atoms with van der Waals surface area (Å²) in [6.07, 6.45) is 8.63. The van der Waals surface area contributed by atoms with Crippen LogP contribution in [0.15, 0.2) is 12.5 Å². The van der Waals surface area contributed by atoms with E-state index in [-0.39, 0.29) is 24.8 Å². The predicted molar refractivity (Wildman–Crippen MR) is 77.8 cm³/mol. The number of ether oxygens (including phenoxy) is 1. The number of rotatable bonds is 4. The zero-order valence-electron chi connectivity index (χ0n) is 10.7. The Morgan fingerprint density at radius 3 is 2.89 bits per heavy atom. The summed E-state index contributed by atoms with van der Waals surface area (Å²) in [6.45, 7) is 1.62. The lowest BCUT2D eigenvalue weighted by molar-refractivity contribution is 0.185. The van der Waals surface area contributed by atoms with Crippen LogP contribution in [-0.2, 0) is 11.3 Å². The van der Waals surface area contributed by atoms with Crippen LogP contribution >= 0.6 is 24.8 Å². The van der Waals surface area contributed by atoms with Gasteiger partial charge in [-0.1, -0.05) is 6.42 Å². The highest BCUT2D eigenvalue weighted by Crippen LogP contribution is 2.31. The summed E-state index contributed by atoms with van der Waals surface area (Å²) in [5.74, 6) is 0.586. The van der Waals surface area contributed by atoms with Gasteiger partial charge < -0.3 is 15.0 Å². The van der Waals surface area contributed by atoms with Gasteiger partial charge in [0, 0.05) is 37.5 Å². The Hall–Kier alpha value is -0.290. The number of halogens is 2. The number of methoxy groups -OCH3 is 1. The van der Waals surface area contributed by atoms with Gasteiger partial charge in [0.15, 0.2) is 0 Å². The Kier molecular flexibility index (Phi) is 8.61. The molecule has 4 nitrogen and oxygen atoms in total. The van der Waals surface area contributed by atoms with Gasteiger partial charge in [0.25, 0.3) is 0 Å². The normalized spacial score (nSPS) is 23.0. The molecular weight excluding hydrogens is 273 g/mol. The van der Waals surface area contributed by atoms with Crippen LogP contribution in [0.1, 0.15) is 37.3 Å². The SMILES string of the molecule is COCCn1cncc1[C@H]1CCC[C@@H](N)C1.Cl.Cl. The molecule has 0 aromatic carbocycles. The topological polar surface area (TPSA) is 53.1 Å². The molecule has 1 heterocycles. The van der Waals surface area contributed by atoms with Crippen LogP contribution in [0, 0.1) is 0 Å². The molecule has 0 saturated heterocycles. The number of aromatic nitrogens is 2. The Labute approximate surface area is 121 Å². The van der Waals surface area contributed by atoms with Crippen LogP contribution in [0.3, 0.4) is 0 Å². The fourth-order valence-corrected chi connectivity index (χ4v) is 2.54. The van der Waals surface area contributed by atoms with Gasteiger partial charge in [0.2, 0.25) is 0 Å². The van der Waals surface area contributed by atoms with Gasteiger partial charge in [0.1, 0.15) is 0 Å². The first-order chi connectivity index (χ1) is 7.81. The van der Waals surface area contributed by atoms with E-state index < -0.39 is 0 Å². The molecule has 1 aliphatic carbocycles. The van der Waals surface area contributed by atoms with Crippen LogP contribution in [0.4, 0.5) is 0 Å². The molecule has 1 fully saturated rings. The summed E-state index contributed by atoms with van der Waals surface area (Å²) in [5, 5.41) is 0. The van der Waals surface area contributed by atoms with Crippen LogP contribution in [0.2, 0.25) is 0 Å². The molecule has 18 heavy (non-hydrogen) atoms. The average Bonchev–Trinajstić information content (AvgIpc) is 2.74. The molecular formula is C12H23Cl2N3O. The molecule has 6 heteroatoms. The first-order valence-corrected chi connectivity index (χ1v) is 6.06. The van der Waals surface area contributed by atoms with Gasteiger partial charge in [-0.2, -0.15) is 0 Å². The molecule has 1 aliphatic rings. The Morgan fingerprint density at radius 2 is 2.22 bits per heavy atom. The monoisotopic (exact) mass is 295 g/mol. The lowest BCUT2D eigenvalue weighted by Gasteiger charge is -2.27. The molecule has 2 rings (SSSR count). The second-order valence-electron chi connectivity index (χ2n) is 4.63. The van der Waals surface area contributed by atoms with E-state index >= 15 is 0 Å². The summed E-state index contributed by atoms with van der Waals surface area (Å²) >= 11 is 0. The summed E-state index contributed by atoms with van der Waals surface area (Å²) in [4.78, 5) is 4.24. The molecule has 0 aliphatic heterocycles. The molecule has 106 valence electrons. The molecule has 1 saturated carbocycles. The van der Waals surface area contributed by atoms with E-state index in [1.54, 1.807) is 7.11 Å². The standard InChI is InChI=1S/C12H21N3O.2ClH/c1-16-6-5-15-9-14-8-12(15)10-3-2-4-11(13)7-10;;/h8-11H,2-7,13H2,1H3;2*1H/t10-,11+;;/m0../s1. The third-order valence-corrected chi connectivity index (χ3v) is 3.41. The Balaban J connectivity index is 0.00000144. The van der Waals surface area contributed by atoms with Crippen LogP contribution in [0.5, 0.6) is 0 Å². The zero-order chi connectivity index (χ0) is 11.4. The van der Waals surface area contributed by atoms with Crippen molar-refractivity contribution >= 4 is 24.8 Å². The van der Waals surface area contributed by atoms with Gasteiger partial charge in [0.05, 0.1) is 12.9 Å². The van der Waals surface area contributed by atoms with Crippen molar-refractivity contribution in [1.29, 1.82) is 0 Å². The minimum atomic E-state index is 0. The van der Waals surface area contributed by atoms with Crippen molar-refractivity contribution in [2.24, 2.45) is 5.73 Å². The van der Waals surface area contributed by atoms with Crippen LogP contribution in [0.25, 0.3) is 0 Å². The zero-order valence-corrected chi connectivity index (χ0v) is 12.4. The highest BCUT2D eigenvalue weighted by atomic mass is 35.5. The summed E-state index contributed by atoms with van der Waals surface area (Å²) in [7, 11) is 1.73. The first kappa shape index (κ1) is 17.7. The Bertz CT molecular complexity index is 333. The number of imidazole rings is 1. The number of hydrogen-bond donors (Lipinski definition) is 1. The van der Waals surface area contributed by atoms with E-state index in [2.05, 4.69) is 9.55 Å². The van der Waals surface area contributed by atoms with E-state index in [0.717, 1.165) is 19.6 Å². The fourth-order valence-electron chi connectivity index (χ4n) is 2.54. The van der Waals surface area contributed by atoms with Gasteiger partial charge in [-0.25, -0.2) is 4.98 Å². The van der Waals surface area contributed by atoms with Crippen LogP contribution in [-0.4, -0.2) is 29.3 Å². The maximum atomic E-state index is 6.03. The van der Waals surface area contributed by atoms with Crippen LogP contribution < -0.4 is 5.73 Å². The third-order valence-electron chi connectivity index (χ3n) is 3.41. The summed E-state index contributed by atoms with van der Waals surface area (Å²) in [6, 6.07) is 0.365. The highest BCUT2D eigenvalue weighted by Gasteiger charge is 2.23. The van der Waals surface area contributed by atoms with Crippen molar-refractivity contribution in [2.75, 3.05) is 13.7 Å². The number of nitrogens with zero attached hydrogens (tertiary/aromatic N) is 2. The van der Waals surface area contributed by atoms with Crippen molar-refractivity contribution < 1.29 is 4.74 Å². The van der Waals surface area contributed by atoms with Crippen molar-refractivity contribution in [2.45, 2.75) is 44.2 Å².